The number of nitrogens with one attached hydrogen (secondary N) is 2. The number of esters is 1. The second kappa shape index (κ2) is 13.8. The standard InChI is InChI=1S/C30H28F4N3O9P/c1-17(28(40)43-16-18-8-3-2-4-9-18)36-47(42,45-23-13-7-11-19-10-5-6-12-20(19)23)46-26(30(32,33)34)25-22(38)14-24(44-25)37-15-21(31)27(39)35-29(37)41/h2-13,15,17,22,24-26,38H,14,16H2,1H3,(H,36,42)(H,35,39,41)/t17-,22-,24+,25-,26-,47+/m0/s1. The third kappa shape index (κ3) is 7.97. The molecule has 0 aliphatic carbocycles. The number of rotatable bonds is 11. The van der Waals surface area contributed by atoms with E-state index in [1.807, 2.05) is 0 Å². The predicted octanol–water partition coefficient (Wildman–Crippen LogP) is 4.33. The van der Waals surface area contributed by atoms with Crippen molar-refractivity contribution in [2.24, 2.45) is 0 Å². The summed E-state index contributed by atoms with van der Waals surface area (Å²) in [4.78, 5) is 38.2. The third-order valence-electron chi connectivity index (χ3n) is 7.14. The minimum atomic E-state index is -5.38. The van der Waals surface area contributed by atoms with E-state index in [1.165, 1.54) is 19.1 Å². The molecule has 0 bridgehead atoms. The molecule has 0 saturated carbocycles. The van der Waals surface area contributed by atoms with Gasteiger partial charge >= 0.3 is 25.6 Å². The number of H-pyrrole nitrogens is 1. The van der Waals surface area contributed by atoms with E-state index in [4.69, 9.17) is 18.5 Å². The summed E-state index contributed by atoms with van der Waals surface area (Å²) in [5.41, 5.74) is -1.97. The summed E-state index contributed by atoms with van der Waals surface area (Å²) >= 11 is 0. The first kappa shape index (κ1) is 34.0. The number of aliphatic hydroxyl groups excluding tert-OH is 1. The number of ether oxygens (including phenoxy) is 2. The van der Waals surface area contributed by atoms with Crippen LogP contribution < -0.4 is 20.9 Å². The van der Waals surface area contributed by atoms with Crippen LogP contribution >= 0.6 is 7.75 Å². The number of aliphatic hydroxyl groups is 1. The van der Waals surface area contributed by atoms with Crippen molar-refractivity contribution in [3.63, 3.8) is 0 Å². The molecule has 12 nitrogen and oxygen atoms in total. The zero-order valence-corrected chi connectivity index (χ0v) is 25.3. The van der Waals surface area contributed by atoms with Crippen LogP contribution in [-0.4, -0.2) is 51.2 Å². The Balaban J connectivity index is 1.45. The van der Waals surface area contributed by atoms with E-state index in [0.29, 0.717) is 27.1 Å². The highest BCUT2D eigenvalue weighted by Crippen LogP contribution is 2.51. The summed E-state index contributed by atoms with van der Waals surface area (Å²) in [5.74, 6) is -2.59. The lowest BCUT2D eigenvalue weighted by atomic mass is 10.1. The van der Waals surface area contributed by atoms with E-state index in [2.05, 4.69) is 5.09 Å². The highest BCUT2D eigenvalue weighted by molar-refractivity contribution is 7.52. The number of carbonyl (C=O) groups is 1. The average Bonchev–Trinajstić information content (AvgIpc) is 3.41. The van der Waals surface area contributed by atoms with Crippen LogP contribution in [0.5, 0.6) is 5.75 Å². The average molecular weight is 682 g/mol. The Bertz CT molecular complexity index is 1900. The highest BCUT2D eigenvalue weighted by atomic mass is 31.2. The first-order valence-electron chi connectivity index (χ1n) is 14.1. The topological polar surface area (TPSA) is 158 Å². The molecular weight excluding hydrogens is 653 g/mol. The van der Waals surface area contributed by atoms with Crippen LogP contribution in [0.4, 0.5) is 17.6 Å². The lowest BCUT2D eigenvalue weighted by molar-refractivity contribution is -0.237. The molecule has 250 valence electrons. The predicted molar refractivity (Wildman–Crippen MR) is 158 cm³/mol. The van der Waals surface area contributed by atoms with E-state index in [0.717, 1.165) is 0 Å². The van der Waals surface area contributed by atoms with Gasteiger partial charge in [-0.05, 0) is 23.9 Å². The fraction of sp³-hybridized carbons (Fsp3) is 0.300. The summed E-state index contributed by atoms with van der Waals surface area (Å²) < 4.78 is 93.8. The Labute approximate surface area is 263 Å². The largest absolute Gasteiger partial charge is 0.460 e. The van der Waals surface area contributed by atoms with Crippen LogP contribution in [0.15, 0.2) is 88.6 Å². The van der Waals surface area contributed by atoms with Gasteiger partial charge in [-0.2, -0.15) is 22.6 Å². The van der Waals surface area contributed by atoms with Crippen LogP contribution in [0, 0.1) is 5.82 Å². The number of benzene rings is 3. The van der Waals surface area contributed by atoms with Gasteiger partial charge in [-0.3, -0.25) is 23.7 Å². The van der Waals surface area contributed by atoms with Gasteiger partial charge in [0.15, 0.2) is 6.10 Å². The number of carbonyl (C=O) groups excluding carboxylic acids is 1. The molecule has 0 spiro atoms. The lowest BCUT2D eigenvalue weighted by Crippen LogP contribution is -2.48. The Kier molecular flexibility index (Phi) is 9.98. The van der Waals surface area contributed by atoms with E-state index in [-0.39, 0.29) is 12.4 Å². The molecule has 0 radical (unpaired) electrons. The van der Waals surface area contributed by atoms with Gasteiger partial charge in [-0.1, -0.05) is 66.7 Å². The van der Waals surface area contributed by atoms with Crippen molar-refractivity contribution in [2.45, 2.75) is 56.7 Å². The van der Waals surface area contributed by atoms with Crippen molar-refractivity contribution in [1.82, 2.24) is 14.6 Å². The van der Waals surface area contributed by atoms with Gasteiger partial charge in [0.05, 0.1) is 12.3 Å². The number of hydrogen-bond acceptors (Lipinski definition) is 9. The highest BCUT2D eigenvalue weighted by Gasteiger charge is 2.56. The number of halogens is 4. The van der Waals surface area contributed by atoms with Crippen molar-refractivity contribution < 1.29 is 50.5 Å². The molecule has 17 heteroatoms. The van der Waals surface area contributed by atoms with E-state index in [9.17, 15) is 41.6 Å². The molecule has 4 aromatic rings. The van der Waals surface area contributed by atoms with Gasteiger partial charge in [0.2, 0.25) is 5.82 Å². The molecule has 1 aliphatic rings. The Hall–Kier alpha value is -4.34. The molecule has 0 amide bonds. The van der Waals surface area contributed by atoms with Crippen molar-refractivity contribution in [1.29, 1.82) is 0 Å². The first-order valence-corrected chi connectivity index (χ1v) is 15.6. The van der Waals surface area contributed by atoms with Gasteiger partial charge in [-0.25, -0.2) is 9.36 Å². The molecule has 1 aromatic heterocycles. The number of hydrogen-bond donors (Lipinski definition) is 3. The minimum Gasteiger partial charge on any atom is -0.460 e. The fourth-order valence-electron chi connectivity index (χ4n) is 4.88. The molecular formula is C30H28F4N3O9P. The molecule has 5 rings (SSSR count). The number of nitrogens with zero attached hydrogens (tertiary/aromatic N) is 1. The van der Waals surface area contributed by atoms with E-state index < -0.39 is 74.0 Å². The lowest BCUT2D eigenvalue weighted by Gasteiger charge is -2.32. The Morgan fingerprint density at radius 3 is 2.51 bits per heavy atom. The quantitative estimate of drug-likeness (QED) is 0.118. The molecule has 2 heterocycles. The monoisotopic (exact) mass is 681 g/mol. The maximum absolute atomic E-state index is 14.6. The van der Waals surface area contributed by atoms with Crippen LogP contribution in [0.3, 0.4) is 0 Å². The van der Waals surface area contributed by atoms with Crippen LogP contribution in [-0.2, 0) is 30.0 Å². The molecule has 1 fully saturated rings. The third-order valence-corrected chi connectivity index (χ3v) is 8.79. The van der Waals surface area contributed by atoms with Gasteiger partial charge in [0.25, 0.3) is 5.56 Å². The van der Waals surface area contributed by atoms with Crippen molar-refractivity contribution in [3.8, 4) is 5.75 Å². The van der Waals surface area contributed by atoms with Gasteiger partial charge in [0, 0.05) is 11.8 Å². The minimum absolute atomic E-state index is 0.161. The summed E-state index contributed by atoms with van der Waals surface area (Å²) in [6.45, 7) is 0.979. The Morgan fingerprint density at radius 2 is 1.79 bits per heavy atom. The Morgan fingerprint density at radius 1 is 1.11 bits per heavy atom. The first-order chi connectivity index (χ1) is 22.2. The van der Waals surface area contributed by atoms with Crippen LogP contribution in [0.25, 0.3) is 10.8 Å². The van der Waals surface area contributed by atoms with Gasteiger partial charge in [0.1, 0.15) is 30.7 Å². The normalized spacial score (nSPS) is 20.8. The molecule has 1 saturated heterocycles. The smallest absolute Gasteiger partial charge is 0.460 e. The number of fused-ring (bicyclic) bond motifs is 1. The SMILES string of the molecule is C[C@H](N[P@@](=O)(Oc1cccc2ccccc12)O[C@@H]([C@H]1O[C@@H](n2cc(F)c(=O)[nH]c2=O)C[C@@H]1O)C(F)(F)F)C(=O)OCc1ccccc1. The molecule has 6 atom stereocenters. The number of aromatic nitrogens is 2. The zero-order valence-electron chi connectivity index (χ0n) is 24.4. The number of alkyl halides is 3. The summed E-state index contributed by atoms with van der Waals surface area (Å²) in [7, 11) is -5.24. The molecule has 1 aliphatic heterocycles. The summed E-state index contributed by atoms with van der Waals surface area (Å²) in [6.07, 6.45) is -14.8. The van der Waals surface area contributed by atoms with E-state index >= 15 is 0 Å². The fourth-order valence-corrected chi connectivity index (χ4v) is 6.57. The van der Waals surface area contributed by atoms with Crippen molar-refractivity contribution >= 4 is 24.5 Å². The maximum Gasteiger partial charge on any atom is 0.460 e. The van der Waals surface area contributed by atoms with E-state index in [1.54, 1.807) is 65.6 Å². The number of aromatic amines is 1. The van der Waals surface area contributed by atoms with Crippen molar-refractivity contribution in [2.75, 3.05) is 0 Å². The second-order valence-corrected chi connectivity index (χ2v) is 12.2. The summed E-state index contributed by atoms with van der Waals surface area (Å²) in [6, 6.07) is 18.0. The van der Waals surface area contributed by atoms with Crippen molar-refractivity contribution in [3.05, 3.63) is 111 Å². The van der Waals surface area contributed by atoms with Crippen LogP contribution in [0.1, 0.15) is 25.1 Å². The summed E-state index contributed by atoms with van der Waals surface area (Å²) in [5, 5.41) is 13.8. The van der Waals surface area contributed by atoms with Crippen LogP contribution in [0.2, 0.25) is 0 Å². The second-order valence-electron chi connectivity index (χ2n) is 10.6. The van der Waals surface area contributed by atoms with Gasteiger partial charge < -0.3 is 19.1 Å². The molecule has 3 N–H and O–H groups in total. The van der Waals surface area contributed by atoms with Gasteiger partial charge in [-0.15, -0.1) is 0 Å². The molecule has 0 unspecified atom stereocenters. The zero-order chi connectivity index (χ0) is 33.9. The maximum atomic E-state index is 14.6. The molecule has 47 heavy (non-hydrogen) atoms. The molecule has 3 aromatic carbocycles.